The molecule has 0 aromatic heterocycles. The first-order valence-electron chi connectivity index (χ1n) is 3.55. The predicted molar refractivity (Wildman–Crippen MR) is 52.7 cm³/mol. The van der Waals surface area contributed by atoms with Gasteiger partial charge >= 0.3 is 0 Å². The van der Waals surface area contributed by atoms with Gasteiger partial charge in [0.2, 0.25) is 0 Å². The van der Waals surface area contributed by atoms with Gasteiger partial charge in [0.15, 0.2) is 0 Å². The van der Waals surface area contributed by atoms with Crippen molar-refractivity contribution in [2.24, 2.45) is 0 Å². The zero-order valence-electron chi connectivity index (χ0n) is 6.63. The van der Waals surface area contributed by atoms with Gasteiger partial charge in [-0.05, 0) is 25.5 Å². The van der Waals surface area contributed by atoms with Gasteiger partial charge < -0.3 is 0 Å². The standard InChI is InChI=1S/C9H11ClS/c1-6-3-4-8(7(2)10)9(11)5-6/h3-5,7,11H,1-2H3. The van der Waals surface area contributed by atoms with Gasteiger partial charge in [0.25, 0.3) is 0 Å². The van der Waals surface area contributed by atoms with Gasteiger partial charge in [-0.1, -0.05) is 17.7 Å². The van der Waals surface area contributed by atoms with Crippen LogP contribution in [0.3, 0.4) is 0 Å². The van der Waals surface area contributed by atoms with E-state index in [2.05, 4.69) is 12.6 Å². The summed E-state index contributed by atoms with van der Waals surface area (Å²) in [6.07, 6.45) is 0. The Kier molecular flexibility index (Phi) is 2.85. The molecule has 0 nitrogen and oxygen atoms in total. The molecule has 0 aliphatic rings. The molecule has 0 amide bonds. The summed E-state index contributed by atoms with van der Waals surface area (Å²) < 4.78 is 0. The van der Waals surface area contributed by atoms with Crippen LogP contribution in [0.25, 0.3) is 0 Å². The third kappa shape index (κ3) is 2.14. The van der Waals surface area contributed by atoms with Crippen molar-refractivity contribution in [2.45, 2.75) is 24.1 Å². The third-order valence-corrected chi connectivity index (χ3v) is 2.24. The van der Waals surface area contributed by atoms with E-state index in [4.69, 9.17) is 11.6 Å². The Labute approximate surface area is 78.0 Å². The van der Waals surface area contributed by atoms with Crippen LogP contribution in [0, 0.1) is 6.92 Å². The van der Waals surface area contributed by atoms with E-state index >= 15 is 0 Å². The number of aryl methyl sites for hydroxylation is 1. The highest BCUT2D eigenvalue weighted by Gasteiger charge is 2.04. The monoisotopic (exact) mass is 186 g/mol. The Balaban J connectivity index is 3.09. The quantitative estimate of drug-likeness (QED) is 0.503. The largest absolute Gasteiger partial charge is 0.143 e. The van der Waals surface area contributed by atoms with E-state index in [-0.39, 0.29) is 5.38 Å². The lowest BCUT2D eigenvalue weighted by atomic mass is 10.1. The minimum atomic E-state index is 0.0445. The number of hydrogen-bond donors (Lipinski definition) is 1. The number of rotatable bonds is 1. The molecule has 0 radical (unpaired) electrons. The highest BCUT2D eigenvalue weighted by Crippen LogP contribution is 2.26. The van der Waals surface area contributed by atoms with E-state index < -0.39 is 0 Å². The lowest BCUT2D eigenvalue weighted by molar-refractivity contribution is 1.03. The summed E-state index contributed by atoms with van der Waals surface area (Å²) >= 11 is 10.2. The molecule has 0 heterocycles. The minimum absolute atomic E-state index is 0.0445. The summed E-state index contributed by atoms with van der Waals surface area (Å²) in [4.78, 5) is 0.979. The van der Waals surface area contributed by atoms with Crippen molar-refractivity contribution < 1.29 is 0 Å². The number of alkyl halides is 1. The zero-order valence-corrected chi connectivity index (χ0v) is 8.28. The molecular weight excluding hydrogens is 176 g/mol. The van der Waals surface area contributed by atoms with Crippen molar-refractivity contribution >= 4 is 24.2 Å². The predicted octanol–water partition coefficient (Wildman–Crippen LogP) is 3.58. The van der Waals surface area contributed by atoms with Crippen LogP contribution >= 0.6 is 24.2 Å². The topological polar surface area (TPSA) is 0 Å². The summed E-state index contributed by atoms with van der Waals surface area (Å²) in [5.74, 6) is 0. The molecule has 0 fully saturated rings. The summed E-state index contributed by atoms with van der Waals surface area (Å²) in [7, 11) is 0. The van der Waals surface area contributed by atoms with Crippen LogP contribution in [0.1, 0.15) is 23.4 Å². The normalized spacial score (nSPS) is 13.1. The molecule has 1 rings (SSSR count). The highest BCUT2D eigenvalue weighted by atomic mass is 35.5. The maximum atomic E-state index is 5.91. The molecule has 1 aromatic carbocycles. The number of benzene rings is 1. The van der Waals surface area contributed by atoms with Gasteiger partial charge in [-0.2, -0.15) is 0 Å². The van der Waals surface area contributed by atoms with E-state index in [0.29, 0.717) is 0 Å². The van der Waals surface area contributed by atoms with E-state index in [9.17, 15) is 0 Å². The van der Waals surface area contributed by atoms with Crippen LogP contribution < -0.4 is 0 Å². The second kappa shape index (κ2) is 3.51. The lowest BCUT2D eigenvalue weighted by Gasteiger charge is -2.06. The minimum Gasteiger partial charge on any atom is -0.143 e. The van der Waals surface area contributed by atoms with Gasteiger partial charge in [-0.3, -0.25) is 0 Å². The Morgan fingerprint density at radius 2 is 2.09 bits per heavy atom. The van der Waals surface area contributed by atoms with E-state index in [1.807, 2.05) is 32.0 Å². The average molecular weight is 187 g/mol. The molecule has 0 aliphatic carbocycles. The molecule has 0 saturated carbocycles. The maximum Gasteiger partial charge on any atom is 0.0568 e. The average Bonchev–Trinajstić information content (AvgIpc) is 1.85. The van der Waals surface area contributed by atoms with Crippen molar-refractivity contribution in [3.63, 3.8) is 0 Å². The Morgan fingerprint density at radius 1 is 1.45 bits per heavy atom. The van der Waals surface area contributed by atoms with Gasteiger partial charge in [0, 0.05) is 4.90 Å². The lowest BCUT2D eigenvalue weighted by Crippen LogP contribution is -1.86. The van der Waals surface area contributed by atoms with Crippen LogP contribution in [0.2, 0.25) is 0 Å². The molecule has 0 aliphatic heterocycles. The SMILES string of the molecule is Cc1ccc(C(C)Cl)c(S)c1. The first kappa shape index (κ1) is 8.95. The van der Waals surface area contributed by atoms with Crippen LogP contribution in [0.5, 0.6) is 0 Å². The fourth-order valence-electron chi connectivity index (χ4n) is 0.990. The molecule has 0 N–H and O–H groups in total. The van der Waals surface area contributed by atoms with E-state index in [0.717, 1.165) is 10.5 Å². The highest BCUT2D eigenvalue weighted by molar-refractivity contribution is 7.80. The van der Waals surface area contributed by atoms with E-state index in [1.54, 1.807) is 0 Å². The van der Waals surface area contributed by atoms with Gasteiger partial charge in [0.1, 0.15) is 0 Å². The fourth-order valence-corrected chi connectivity index (χ4v) is 1.73. The van der Waals surface area contributed by atoms with E-state index in [1.165, 1.54) is 5.56 Å². The molecule has 1 atom stereocenters. The second-order valence-electron chi connectivity index (χ2n) is 2.68. The molecule has 60 valence electrons. The molecule has 2 heteroatoms. The Bertz CT molecular complexity index is 256. The van der Waals surface area contributed by atoms with Crippen LogP contribution in [0.4, 0.5) is 0 Å². The van der Waals surface area contributed by atoms with Gasteiger partial charge in [-0.15, -0.1) is 24.2 Å². The summed E-state index contributed by atoms with van der Waals surface area (Å²) in [6.45, 7) is 3.99. The summed E-state index contributed by atoms with van der Waals surface area (Å²) in [5, 5.41) is 0.0445. The Hall–Kier alpha value is -0.140. The molecule has 0 saturated heterocycles. The van der Waals surface area contributed by atoms with Crippen molar-refractivity contribution in [1.29, 1.82) is 0 Å². The van der Waals surface area contributed by atoms with Gasteiger partial charge in [-0.25, -0.2) is 0 Å². The number of halogens is 1. The second-order valence-corrected chi connectivity index (χ2v) is 3.81. The molecular formula is C9H11ClS. The first-order chi connectivity index (χ1) is 5.11. The third-order valence-electron chi connectivity index (χ3n) is 1.61. The van der Waals surface area contributed by atoms with Crippen molar-refractivity contribution in [3.8, 4) is 0 Å². The molecule has 0 bridgehead atoms. The zero-order chi connectivity index (χ0) is 8.43. The molecule has 1 unspecified atom stereocenters. The molecule has 11 heavy (non-hydrogen) atoms. The van der Waals surface area contributed by atoms with Crippen LogP contribution in [0.15, 0.2) is 23.1 Å². The molecule has 0 spiro atoms. The Morgan fingerprint density at radius 3 is 2.55 bits per heavy atom. The summed E-state index contributed by atoms with van der Waals surface area (Å²) in [6, 6.07) is 6.10. The summed E-state index contributed by atoms with van der Waals surface area (Å²) in [5.41, 5.74) is 2.32. The smallest absolute Gasteiger partial charge is 0.0568 e. The molecule has 1 aromatic rings. The van der Waals surface area contributed by atoms with Gasteiger partial charge in [0.05, 0.1) is 5.38 Å². The maximum absolute atomic E-state index is 5.91. The van der Waals surface area contributed by atoms with Crippen molar-refractivity contribution in [3.05, 3.63) is 29.3 Å². The van der Waals surface area contributed by atoms with Crippen molar-refractivity contribution in [2.75, 3.05) is 0 Å². The number of thiol groups is 1. The fraction of sp³-hybridized carbons (Fsp3) is 0.333. The van der Waals surface area contributed by atoms with Crippen molar-refractivity contribution in [1.82, 2.24) is 0 Å². The van der Waals surface area contributed by atoms with Crippen LogP contribution in [-0.2, 0) is 0 Å². The van der Waals surface area contributed by atoms with Crippen LogP contribution in [-0.4, -0.2) is 0 Å². The number of hydrogen-bond acceptors (Lipinski definition) is 1. The first-order valence-corrected chi connectivity index (χ1v) is 4.43.